The van der Waals surface area contributed by atoms with Gasteiger partial charge in [0, 0.05) is 12.7 Å². The third-order valence-corrected chi connectivity index (χ3v) is 4.57. The van der Waals surface area contributed by atoms with Gasteiger partial charge in [-0.05, 0) is 43.5 Å². The van der Waals surface area contributed by atoms with Crippen molar-refractivity contribution >= 4 is 5.91 Å². The monoisotopic (exact) mass is 315 g/mol. The largest absolute Gasteiger partial charge is 0.497 e. The number of hydrogen-bond donors (Lipinski definition) is 2. The second-order valence-corrected chi connectivity index (χ2v) is 6.00. The van der Waals surface area contributed by atoms with Gasteiger partial charge < -0.3 is 14.7 Å². The van der Waals surface area contributed by atoms with Crippen LogP contribution < -0.4 is 4.74 Å². The highest BCUT2D eigenvalue weighted by molar-refractivity contribution is 5.92. The first-order valence-corrected chi connectivity index (χ1v) is 7.71. The number of hydrogen-bond acceptors (Lipinski definition) is 4. The van der Waals surface area contributed by atoms with Crippen molar-refractivity contribution in [2.24, 2.45) is 0 Å². The summed E-state index contributed by atoms with van der Waals surface area (Å²) in [5.74, 6) is 0.611. The normalized spacial score (nSPS) is 20.3. The number of carbonyl (C=O) groups excluding carboxylic acids is 1. The molecule has 23 heavy (non-hydrogen) atoms. The summed E-state index contributed by atoms with van der Waals surface area (Å²) in [6, 6.07) is 8.71. The van der Waals surface area contributed by atoms with Crippen LogP contribution in [0.4, 0.5) is 0 Å². The Balaban J connectivity index is 1.86. The second kappa shape index (κ2) is 6.04. The van der Waals surface area contributed by atoms with Gasteiger partial charge in [-0.25, -0.2) is 0 Å². The Hall–Kier alpha value is -2.34. The average molecular weight is 315 g/mol. The number of methoxy groups -OCH3 is 1. The van der Waals surface area contributed by atoms with Crippen LogP contribution in [-0.4, -0.2) is 45.8 Å². The maximum Gasteiger partial charge on any atom is 0.272 e. The van der Waals surface area contributed by atoms with Gasteiger partial charge in [0.1, 0.15) is 17.0 Å². The number of amides is 1. The van der Waals surface area contributed by atoms with E-state index >= 15 is 0 Å². The second-order valence-electron chi connectivity index (χ2n) is 6.00. The highest BCUT2D eigenvalue weighted by Crippen LogP contribution is 2.35. The van der Waals surface area contributed by atoms with E-state index in [-0.39, 0.29) is 11.9 Å². The molecule has 1 fully saturated rings. The number of ether oxygens (including phenoxy) is 1. The van der Waals surface area contributed by atoms with E-state index in [4.69, 9.17) is 4.74 Å². The maximum atomic E-state index is 12.6. The Kier molecular flexibility index (Phi) is 4.09. The third-order valence-electron chi connectivity index (χ3n) is 4.57. The number of nitrogens with one attached hydrogen (secondary N) is 1. The van der Waals surface area contributed by atoms with Crippen LogP contribution in [0.2, 0.25) is 0 Å². The van der Waals surface area contributed by atoms with E-state index in [0.29, 0.717) is 12.2 Å². The number of likely N-dealkylation sites (tertiary alicyclic amines) is 1. The van der Waals surface area contributed by atoms with E-state index in [2.05, 4.69) is 10.2 Å². The van der Waals surface area contributed by atoms with Gasteiger partial charge in [0.2, 0.25) is 0 Å². The molecule has 3 rings (SSSR count). The molecule has 2 N–H and O–H groups in total. The van der Waals surface area contributed by atoms with E-state index in [9.17, 15) is 9.90 Å². The van der Waals surface area contributed by atoms with Gasteiger partial charge in [-0.3, -0.25) is 9.89 Å². The highest BCUT2D eigenvalue weighted by Gasteiger charge is 2.43. The summed E-state index contributed by atoms with van der Waals surface area (Å²) in [6.45, 7) is 2.40. The van der Waals surface area contributed by atoms with Gasteiger partial charge in [0.15, 0.2) is 0 Å². The van der Waals surface area contributed by atoms with Crippen molar-refractivity contribution in [3.05, 3.63) is 47.8 Å². The molecule has 1 aromatic heterocycles. The van der Waals surface area contributed by atoms with Crippen LogP contribution in [0.1, 0.15) is 35.8 Å². The molecule has 1 saturated heterocycles. The number of aliphatic hydroxyl groups is 1. The van der Waals surface area contributed by atoms with E-state index in [0.717, 1.165) is 24.2 Å². The number of H-pyrrole nitrogens is 1. The summed E-state index contributed by atoms with van der Waals surface area (Å²) in [7, 11) is 1.61. The Bertz CT molecular complexity index is 665. The minimum absolute atomic E-state index is 0.126. The fourth-order valence-corrected chi connectivity index (χ4v) is 3.24. The van der Waals surface area contributed by atoms with Crippen molar-refractivity contribution in [2.75, 3.05) is 13.7 Å². The Morgan fingerprint density at radius 3 is 2.74 bits per heavy atom. The number of nitrogens with zero attached hydrogens (tertiary/aromatic N) is 2. The molecule has 0 spiro atoms. The number of aromatic amines is 1. The van der Waals surface area contributed by atoms with Gasteiger partial charge in [0.25, 0.3) is 5.91 Å². The molecule has 1 aliphatic rings. The van der Waals surface area contributed by atoms with Crippen molar-refractivity contribution in [1.29, 1.82) is 0 Å². The zero-order valence-corrected chi connectivity index (χ0v) is 13.3. The topological polar surface area (TPSA) is 78.5 Å². The molecule has 0 unspecified atom stereocenters. The van der Waals surface area contributed by atoms with E-state index in [1.807, 2.05) is 24.3 Å². The molecule has 0 bridgehead atoms. The number of carbonyl (C=O) groups is 1. The minimum Gasteiger partial charge on any atom is -0.497 e. The lowest BCUT2D eigenvalue weighted by Crippen LogP contribution is -2.48. The van der Waals surface area contributed by atoms with Gasteiger partial charge in [-0.2, -0.15) is 5.10 Å². The molecule has 0 aliphatic carbocycles. The maximum absolute atomic E-state index is 12.6. The number of rotatable bonds is 4. The first kappa shape index (κ1) is 15.6. The van der Waals surface area contributed by atoms with Crippen LogP contribution in [-0.2, 0) is 5.60 Å². The third kappa shape index (κ3) is 2.82. The molecule has 0 saturated carbocycles. The Morgan fingerprint density at radius 1 is 1.39 bits per heavy atom. The van der Waals surface area contributed by atoms with Gasteiger partial charge in [0.05, 0.1) is 13.2 Å². The first-order valence-electron chi connectivity index (χ1n) is 7.71. The lowest BCUT2D eigenvalue weighted by Gasteiger charge is -2.36. The molecule has 1 amide bonds. The molecule has 6 nitrogen and oxygen atoms in total. The van der Waals surface area contributed by atoms with Crippen LogP contribution in [0.15, 0.2) is 36.5 Å². The summed E-state index contributed by atoms with van der Waals surface area (Å²) < 4.78 is 5.16. The summed E-state index contributed by atoms with van der Waals surface area (Å²) in [5, 5.41) is 17.6. The van der Waals surface area contributed by atoms with E-state index < -0.39 is 5.60 Å². The molecule has 2 atom stereocenters. The lowest BCUT2D eigenvalue weighted by molar-refractivity contribution is -0.0179. The highest BCUT2D eigenvalue weighted by atomic mass is 16.5. The molecule has 1 aromatic carbocycles. The number of aromatic nitrogens is 2. The van der Waals surface area contributed by atoms with Crippen LogP contribution in [0.25, 0.3) is 0 Å². The molecule has 1 aliphatic heterocycles. The van der Waals surface area contributed by atoms with E-state index in [1.54, 1.807) is 31.2 Å². The average Bonchev–Trinajstić information content (AvgIpc) is 3.25. The van der Waals surface area contributed by atoms with Crippen molar-refractivity contribution in [3.63, 3.8) is 0 Å². The lowest BCUT2D eigenvalue weighted by atomic mass is 9.86. The van der Waals surface area contributed by atoms with Crippen LogP contribution in [0.5, 0.6) is 5.75 Å². The molecule has 2 heterocycles. The predicted molar refractivity (Wildman–Crippen MR) is 85.2 cm³/mol. The number of benzene rings is 1. The molecule has 6 heteroatoms. The minimum atomic E-state index is -1.13. The first-order chi connectivity index (χ1) is 11.0. The fourth-order valence-electron chi connectivity index (χ4n) is 3.24. The van der Waals surface area contributed by atoms with Gasteiger partial charge >= 0.3 is 0 Å². The summed E-state index contributed by atoms with van der Waals surface area (Å²) >= 11 is 0. The summed E-state index contributed by atoms with van der Waals surface area (Å²) in [4.78, 5) is 14.4. The smallest absolute Gasteiger partial charge is 0.272 e. The van der Waals surface area contributed by atoms with Crippen molar-refractivity contribution in [1.82, 2.24) is 15.1 Å². The molecule has 122 valence electrons. The van der Waals surface area contributed by atoms with Gasteiger partial charge in [-0.15, -0.1) is 0 Å². The van der Waals surface area contributed by atoms with Crippen LogP contribution in [0.3, 0.4) is 0 Å². The molecule has 2 aromatic rings. The summed E-state index contributed by atoms with van der Waals surface area (Å²) in [6.07, 6.45) is 3.19. The fraction of sp³-hybridized carbons (Fsp3) is 0.412. The van der Waals surface area contributed by atoms with Crippen LogP contribution >= 0.6 is 0 Å². The standard InChI is InChI=1S/C17H21N3O3/c1-17(22,12-5-7-13(23-2)8-6-12)15-4-3-11-20(15)16(21)14-9-10-18-19-14/h5-10,15,22H,3-4,11H2,1-2H3,(H,18,19)/t15-,17-/m0/s1. The SMILES string of the molecule is COc1ccc([C@](C)(O)[C@@H]2CCCN2C(=O)c2ccn[nH]2)cc1. The van der Waals surface area contributed by atoms with Crippen molar-refractivity contribution in [3.8, 4) is 5.75 Å². The van der Waals surface area contributed by atoms with Crippen LogP contribution in [0, 0.1) is 0 Å². The van der Waals surface area contributed by atoms with Crippen molar-refractivity contribution < 1.29 is 14.6 Å². The van der Waals surface area contributed by atoms with Gasteiger partial charge in [-0.1, -0.05) is 12.1 Å². The van der Waals surface area contributed by atoms with Crippen molar-refractivity contribution in [2.45, 2.75) is 31.4 Å². The molecule has 0 radical (unpaired) electrons. The molecular formula is C17H21N3O3. The Morgan fingerprint density at radius 2 is 2.13 bits per heavy atom. The zero-order valence-electron chi connectivity index (χ0n) is 13.3. The molecular weight excluding hydrogens is 294 g/mol. The quantitative estimate of drug-likeness (QED) is 0.903. The van der Waals surface area contributed by atoms with E-state index in [1.165, 1.54) is 0 Å². The Labute approximate surface area is 135 Å². The summed E-state index contributed by atoms with van der Waals surface area (Å²) in [5.41, 5.74) is 0.0911. The predicted octanol–water partition coefficient (Wildman–Crippen LogP) is 1.93. The zero-order chi connectivity index (χ0) is 16.4.